The summed E-state index contributed by atoms with van der Waals surface area (Å²) in [6.45, 7) is 3.44. The summed E-state index contributed by atoms with van der Waals surface area (Å²) in [4.78, 5) is 18.4. The summed E-state index contributed by atoms with van der Waals surface area (Å²) < 4.78 is 6.64. The molecule has 1 atom stereocenters. The Labute approximate surface area is 133 Å². The van der Waals surface area contributed by atoms with Crippen molar-refractivity contribution in [3.05, 3.63) is 36.9 Å². The molecular formula is C15H17N5O3. The Kier molecular flexibility index (Phi) is 3.51. The minimum Gasteiger partial charge on any atom is -0.497 e. The molecule has 3 rings (SSSR count). The van der Waals surface area contributed by atoms with Crippen LogP contribution in [0.4, 0.5) is 5.69 Å². The Morgan fingerprint density at radius 3 is 2.52 bits per heavy atom. The summed E-state index contributed by atoms with van der Waals surface area (Å²) in [6.07, 6.45) is 2.19. The normalized spacial score (nSPS) is 21.9. The molecule has 8 heteroatoms. The van der Waals surface area contributed by atoms with Gasteiger partial charge in [0, 0.05) is 5.69 Å². The second kappa shape index (κ2) is 5.38. The molecule has 8 nitrogen and oxygen atoms in total. The van der Waals surface area contributed by atoms with Crippen molar-refractivity contribution in [2.24, 2.45) is 10.6 Å². The third-order valence-corrected chi connectivity index (χ3v) is 4.03. The van der Waals surface area contributed by atoms with Crippen LogP contribution in [0.2, 0.25) is 0 Å². The van der Waals surface area contributed by atoms with Crippen LogP contribution in [0, 0.1) is 5.41 Å². The molecule has 23 heavy (non-hydrogen) atoms. The molecule has 0 radical (unpaired) electrons. The van der Waals surface area contributed by atoms with Gasteiger partial charge in [0.05, 0.1) is 12.5 Å². The van der Waals surface area contributed by atoms with E-state index in [0.29, 0.717) is 17.1 Å². The fourth-order valence-electron chi connectivity index (χ4n) is 2.73. The molecule has 2 heterocycles. The van der Waals surface area contributed by atoms with Crippen molar-refractivity contribution in [2.75, 3.05) is 12.0 Å². The lowest BCUT2D eigenvalue weighted by Crippen LogP contribution is -2.34. The molecule has 1 N–H and O–H groups in total. The molecule has 1 aliphatic heterocycles. The molecule has 1 aromatic heterocycles. The molecule has 0 spiro atoms. The van der Waals surface area contributed by atoms with E-state index in [1.807, 2.05) is 0 Å². The van der Waals surface area contributed by atoms with E-state index < -0.39 is 11.6 Å². The van der Waals surface area contributed by atoms with E-state index in [0.717, 1.165) is 0 Å². The summed E-state index contributed by atoms with van der Waals surface area (Å²) in [5, 5.41) is 16.9. The maximum Gasteiger partial charge on any atom is 0.240 e. The Morgan fingerprint density at radius 1 is 1.30 bits per heavy atom. The van der Waals surface area contributed by atoms with Gasteiger partial charge in [0.2, 0.25) is 5.91 Å². The van der Waals surface area contributed by atoms with E-state index in [9.17, 15) is 10.0 Å². The third-order valence-electron chi connectivity index (χ3n) is 4.03. The number of rotatable bonds is 3. The van der Waals surface area contributed by atoms with Crippen molar-refractivity contribution in [3.63, 3.8) is 0 Å². The van der Waals surface area contributed by atoms with E-state index in [4.69, 9.17) is 4.74 Å². The highest BCUT2D eigenvalue weighted by molar-refractivity contribution is 6.22. The molecule has 2 aromatic rings. The van der Waals surface area contributed by atoms with Crippen molar-refractivity contribution in [2.45, 2.75) is 20.0 Å². The molecule has 1 unspecified atom stereocenters. The van der Waals surface area contributed by atoms with Crippen molar-refractivity contribution < 1.29 is 14.7 Å². The standard InChI is InChI=1S/C15H17N5O3/c1-15(2)12(18-22)13(19-9-16-8-17-19)20(14(15)21)10-4-6-11(23-3)7-5-10/h4-9,13,22H,1-3H3. The summed E-state index contributed by atoms with van der Waals surface area (Å²) >= 11 is 0. The highest BCUT2D eigenvalue weighted by Gasteiger charge is 2.53. The van der Waals surface area contributed by atoms with Crippen LogP contribution >= 0.6 is 0 Å². The number of carbonyl (C=O) groups is 1. The van der Waals surface area contributed by atoms with Gasteiger partial charge in [-0.3, -0.25) is 9.69 Å². The second-order valence-electron chi connectivity index (χ2n) is 5.73. The zero-order chi connectivity index (χ0) is 16.6. The van der Waals surface area contributed by atoms with Crippen molar-refractivity contribution in [1.29, 1.82) is 0 Å². The average Bonchev–Trinajstić information content (AvgIpc) is 3.14. The molecule has 1 saturated heterocycles. The Hall–Kier alpha value is -2.90. The van der Waals surface area contributed by atoms with Crippen molar-refractivity contribution in [3.8, 4) is 5.75 Å². The topological polar surface area (TPSA) is 92.8 Å². The van der Waals surface area contributed by atoms with Gasteiger partial charge in [-0.15, -0.1) is 0 Å². The third kappa shape index (κ3) is 2.23. The maximum absolute atomic E-state index is 12.9. The molecule has 1 aliphatic rings. The Bertz CT molecular complexity index is 737. The summed E-state index contributed by atoms with van der Waals surface area (Å²) in [5.41, 5.74) is 0.0116. The van der Waals surface area contributed by atoms with Gasteiger partial charge < -0.3 is 9.94 Å². The van der Waals surface area contributed by atoms with Crippen LogP contribution in [0.15, 0.2) is 42.1 Å². The monoisotopic (exact) mass is 315 g/mol. The van der Waals surface area contributed by atoms with Gasteiger partial charge >= 0.3 is 0 Å². The van der Waals surface area contributed by atoms with Crippen molar-refractivity contribution in [1.82, 2.24) is 14.8 Å². The largest absolute Gasteiger partial charge is 0.497 e. The number of oxime groups is 1. The summed E-state index contributed by atoms with van der Waals surface area (Å²) in [6, 6.07) is 7.08. The SMILES string of the molecule is COc1ccc(N2C(=O)C(C)(C)C(=NO)C2n2cncn2)cc1. The number of hydrogen-bond donors (Lipinski definition) is 1. The molecule has 0 bridgehead atoms. The van der Waals surface area contributed by atoms with E-state index >= 15 is 0 Å². The molecule has 1 amide bonds. The highest BCUT2D eigenvalue weighted by Crippen LogP contribution is 2.41. The van der Waals surface area contributed by atoms with Gasteiger partial charge in [0.15, 0.2) is 6.17 Å². The van der Waals surface area contributed by atoms with E-state index in [2.05, 4.69) is 15.2 Å². The number of nitrogens with zero attached hydrogens (tertiary/aromatic N) is 5. The molecule has 0 aliphatic carbocycles. The number of benzene rings is 1. The molecule has 1 fully saturated rings. The van der Waals surface area contributed by atoms with Crippen LogP contribution in [0.1, 0.15) is 20.0 Å². The lowest BCUT2D eigenvalue weighted by atomic mass is 9.89. The van der Waals surface area contributed by atoms with Crippen molar-refractivity contribution >= 4 is 17.3 Å². The summed E-state index contributed by atoms with van der Waals surface area (Å²) in [7, 11) is 1.58. The molecule has 1 aromatic carbocycles. The first-order valence-electron chi connectivity index (χ1n) is 7.05. The number of hydrogen-bond acceptors (Lipinski definition) is 6. The van der Waals surface area contributed by atoms with Crippen LogP contribution in [0.5, 0.6) is 5.75 Å². The highest BCUT2D eigenvalue weighted by atomic mass is 16.5. The zero-order valence-electron chi connectivity index (χ0n) is 13.0. The number of anilines is 1. The van der Waals surface area contributed by atoms with E-state index in [1.54, 1.807) is 50.1 Å². The quantitative estimate of drug-likeness (QED) is 0.687. The van der Waals surface area contributed by atoms with Gasteiger partial charge in [-0.2, -0.15) is 5.10 Å². The van der Waals surface area contributed by atoms with Gasteiger partial charge in [-0.05, 0) is 38.1 Å². The lowest BCUT2D eigenvalue weighted by molar-refractivity contribution is -0.122. The molecular weight excluding hydrogens is 298 g/mol. The zero-order valence-corrected chi connectivity index (χ0v) is 13.0. The predicted octanol–water partition coefficient (Wildman–Crippen LogP) is 1.69. The van der Waals surface area contributed by atoms with Crippen LogP contribution in [0.3, 0.4) is 0 Å². The van der Waals surface area contributed by atoms with Gasteiger partial charge in [-0.25, -0.2) is 9.67 Å². The van der Waals surface area contributed by atoms with E-state index in [-0.39, 0.29) is 5.91 Å². The van der Waals surface area contributed by atoms with E-state index in [1.165, 1.54) is 17.3 Å². The summed E-state index contributed by atoms with van der Waals surface area (Å²) in [5.74, 6) is 0.504. The van der Waals surface area contributed by atoms with Crippen LogP contribution in [-0.2, 0) is 4.79 Å². The minimum atomic E-state index is -0.953. The van der Waals surface area contributed by atoms with Crippen LogP contribution in [-0.4, -0.2) is 38.7 Å². The molecule has 0 saturated carbocycles. The van der Waals surface area contributed by atoms with Gasteiger partial charge in [0.25, 0.3) is 0 Å². The number of amides is 1. The predicted molar refractivity (Wildman–Crippen MR) is 82.5 cm³/mol. The maximum atomic E-state index is 12.9. The number of ether oxygens (including phenoxy) is 1. The first kappa shape index (κ1) is 15.0. The first-order valence-corrected chi connectivity index (χ1v) is 7.05. The van der Waals surface area contributed by atoms with Crippen LogP contribution in [0.25, 0.3) is 0 Å². The molecule has 120 valence electrons. The Morgan fingerprint density at radius 2 is 2.00 bits per heavy atom. The van der Waals surface area contributed by atoms with Gasteiger partial charge in [-0.1, -0.05) is 5.16 Å². The lowest BCUT2D eigenvalue weighted by Gasteiger charge is -2.24. The smallest absolute Gasteiger partial charge is 0.240 e. The number of methoxy groups -OCH3 is 1. The van der Waals surface area contributed by atoms with Crippen LogP contribution < -0.4 is 9.64 Å². The minimum absolute atomic E-state index is 0.184. The number of carbonyl (C=O) groups excluding carboxylic acids is 1. The number of aromatic nitrogens is 3. The first-order chi connectivity index (χ1) is 11.0. The Balaban J connectivity index is 2.13. The fraction of sp³-hybridized carbons (Fsp3) is 0.333. The van der Waals surface area contributed by atoms with Gasteiger partial charge in [0.1, 0.15) is 24.1 Å². The average molecular weight is 315 g/mol. The second-order valence-corrected chi connectivity index (χ2v) is 5.73. The fourth-order valence-corrected chi connectivity index (χ4v) is 2.73.